The number of thiophene rings is 1. The molecular weight excluding hydrogens is 230 g/mol. The molecule has 0 bridgehead atoms. The average Bonchev–Trinajstić information content (AvgIpc) is 2.77. The molecule has 2 rings (SSSR count). The van der Waals surface area contributed by atoms with Gasteiger partial charge in [-0.05, 0) is 24.3 Å². The molecule has 0 saturated carbocycles. The molecule has 2 aromatic rings. The normalized spacial score (nSPS) is 10.9. The second kappa shape index (κ2) is 4.33. The van der Waals surface area contributed by atoms with Crippen LogP contribution < -0.4 is 0 Å². The number of hydrogen-bond acceptors (Lipinski definition) is 3. The highest BCUT2D eigenvalue weighted by Gasteiger charge is 2.14. The van der Waals surface area contributed by atoms with Crippen molar-refractivity contribution in [3.8, 4) is 10.7 Å². The monoisotopic (exact) mass is 241 g/mol. The Balaban J connectivity index is 2.44. The Morgan fingerprint density at radius 2 is 2.33 bits per heavy atom. The lowest BCUT2D eigenvalue weighted by molar-refractivity contribution is 0.683. The second-order valence-corrected chi connectivity index (χ2v) is 4.67. The lowest BCUT2D eigenvalue weighted by Crippen LogP contribution is -1.97. The minimum atomic E-state index is 0.797. The first-order chi connectivity index (χ1) is 7.24. The number of rotatable bonds is 3. The third kappa shape index (κ3) is 1.92. The zero-order valence-electron chi connectivity index (χ0n) is 8.70. The minimum Gasteiger partial charge on any atom is -0.313 e. The van der Waals surface area contributed by atoms with E-state index in [9.17, 15) is 0 Å². The van der Waals surface area contributed by atoms with Gasteiger partial charge < -0.3 is 4.57 Å². The Labute approximate surface area is 97.7 Å². The van der Waals surface area contributed by atoms with E-state index in [2.05, 4.69) is 17.1 Å². The van der Waals surface area contributed by atoms with Crippen molar-refractivity contribution < 1.29 is 0 Å². The Morgan fingerprint density at radius 3 is 2.93 bits per heavy atom. The van der Waals surface area contributed by atoms with Crippen molar-refractivity contribution in [2.24, 2.45) is 0 Å². The predicted octanol–water partition coefficient (Wildman–Crippen LogP) is 3.38. The van der Waals surface area contributed by atoms with Crippen LogP contribution in [0.1, 0.15) is 18.9 Å². The molecule has 0 aliphatic carbocycles. The van der Waals surface area contributed by atoms with Crippen molar-refractivity contribution >= 4 is 22.9 Å². The number of hydrogen-bond donors (Lipinski definition) is 0. The summed E-state index contributed by atoms with van der Waals surface area (Å²) in [5.41, 5.74) is 1.10. The number of aromatic nitrogens is 3. The first kappa shape index (κ1) is 10.6. The Hall–Kier alpha value is -0.870. The molecule has 0 aliphatic rings. The molecule has 5 heteroatoms. The zero-order valence-corrected chi connectivity index (χ0v) is 10.3. The third-order valence-corrected chi connectivity index (χ3v) is 3.88. The third-order valence-electron chi connectivity index (χ3n) is 2.18. The lowest BCUT2D eigenvalue weighted by Gasteiger charge is -2.02. The molecule has 0 fully saturated rings. The predicted molar refractivity (Wildman–Crippen MR) is 63.4 cm³/mol. The molecule has 0 aliphatic heterocycles. The van der Waals surface area contributed by atoms with E-state index in [0.29, 0.717) is 0 Å². The standard InChI is InChI=1S/C10H12ClN3S/c1-3-4-14-6-12-13-10(14)9-8(11)7(2)5-15-9/h5-6H,3-4H2,1-2H3. The van der Waals surface area contributed by atoms with Gasteiger partial charge in [-0.25, -0.2) is 0 Å². The van der Waals surface area contributed by atoms with Gasteiger partial charge in [-0.3, -0.25) is 0 Å². The maximum Gasteiger partial charge on any atom is 0.175 e. The highest BCUT2D eigenvalue weighted by molar-refractivity contribution is 7.14. The van der Waals surface area contributed by atoms with Crippen LogP contribution in [0, 0.1) is 6.92 Å². The van der Waals surface area contributed by atoms with Crippen LogP contribution in [0.25, 0.3) is 10.7 Å². The summed E-state index contributed by atoms with van der Waals surface area (Å²) in [6, 6.07) is 0. The van der Waals surface area contributed by atoms with Crippen LogP contribution >= 0.6 is 22.9 Å². The molecule has 0 amide bonds. The molecule has 0 N–H and O–H groups in total. The van der Waals surface area contributed by atoms with Gasteiger partial charge in [0.2, 0.25) is 0 Å². The first-order valence-corrected chi connectivity index (χ1v) is 6.11. The van der Waals surface area contributed by atoms with Crippen molar-refractivity contribution in [2.75, 3.05) is 0 Å². The van der Waals surface area contributed by atoms with Crippen LogP contribution in [-0.2, 0) is 6.54 Å². The summed E-state index contributed by atoms with van der Waals surface area (Å²) in [5, 5.41) is 10.9. The smallest absolute Gasteiger partial charge is 0.175 e. The molecule has 2 heterocycles. The minimum absolute atomic E-state index is 0.797. The van der Waals surface area contributed by atoms with E-state index < -0.39 is 0 Å². The number of nitrogens with zero attached hydrogens (tertiary/aromatic N) is 3. The van der Waals surface area contributed by atoms with Crippen molar-refractivity contribution in [1.29, 1.82) is 0 Å². The van der Waals surface area contributed by atoms with Crippen LogP contribution in [0.5, 0.6) is 0 Å². The maximum absolute atomic E-state index is 6.20. The maximum atomic E-state index is 6.20. The van der Waals surface area contributed by atoms with Gasteiger partial charge in [0.1, 0.15) is 6.33 Å². The van der Waals surface area contributed by atoms with E-state index in [-0.39, 0.29) is 0 Å². The van der Waals surface area contributed by atoms with Gasteiger partial charge in [-0.2, -0.15) is 0 Å². The molecule has 15 heavy (non-hydrogen) atoms. The second-order valence-electron chi connectivity index (χ2n) is 3.41. The van der Waals surface area contributed by atoms with Gasteiger partial charge >= 0.3 is 0 Å². The highest BCUT2D eigenvalue weighted by atomic mass is 35.5. The molecule has 3 nitrogen and oxygen atoms in total. The summed E-state index contributed by atoms with van der Waals surface area (Å²) in [7, 11) is 0. The molecule has 0 saturated heterocycles. The molecule has 0 unspecified atom stereocenters. The van der Waals surface area contributed by atoms with Crippen LogP contribution in [0.2, 0.25) is 5.02 Å². The van der Waals surface area contributed by atoms with Crippen molar-refractivity contribution in [3.05, 3.63) is 22.3 Å². The fraction of sp³-hybridized carbons (Fsp3) is 0.400. The molecule has 2 aromatic heterocycles. The summed E-state index contributed by atoms with van der Waals surface area (Å²) in [4.78, 5) is 1.01. The van der Waals surface area contributed by atoms with Crippen LogP contribution in [0.15, 0.2) is 11.7 Å². The Kier molecular flexibility index (Phi) is 3.07. The van der Waals surface area contributed by atoms with Gasteiger partial charge in [0.05, 0.1) is 9.90 Å². The summed E-state index contributed by atoms with van der Waals surface area (Å²) >= 11 is 7.82. The van der Waals surface area contributed by atoms with Gasteiger partial charge in [-0.15, -0.1) is 21.5 Å². The largest absolute Gasteiger partial charge is 0.313 e. The van der Waals surface area contributed by atoms with Crippen LogP contribution in [0.3, 0.4) is 0 Å². The van der Waals surface area contributed by atoms with Gasteiger partial charge in [0, 0.05) is 6.54 Å². The molecule has 0 radical (unpaired) electrons. The number of aryl methyl sites for hydroxylation is 2. The summed E-state index contributed by atoms with van der Waals surface area (Å²) in [6.07, 6.45) is 2.82. The van der Waals surface area contributed by atoms with Gasteiger partial charge in [0.25, 0.3) is 0 Å². The van der Waals surface area contributed by atoms with E-state index in [1.807, 2.05) is 16.9 Å². The topological polar surface area (TPSA) is 30.7 Å². The van der Waals surface area contributed by atoms with E-state index in [0.717, 1.165) is 34.3 Å². The number of halogens is 1. The average molecular weight is 242 g/mol. The SMILES string of the molecule is CCCn1cnnc1-c1scc(C)c1Cl. The highest BCUT2D eigenvalue weighted by Crippen LogP contribution is 2.35. The summed E-state index contributed by atoms with van der Waals surface area (Å²) in [5.74, 6) is 0.875. The lowest BCUT2D eigenvalue weighted by atomic mass is 10.3. The summed E-state index contributed by atoms with van der Waals surface area (Å²) in [6.45, 7) is 5.06. The molecule has 0 aromatic carbocycles. The quantitative estimate of drug-likeness (QED) is 0.825. The van der Waals surface area contributed by atoms with E-state index in [1.165, 1.54) is 0 Å². The fourth-order valence-electron chi connectivity index (χ4n) is 1.42. The molecule has 0 spiro atoms. The molecular formula is C10H12ClN3S. The van der Waals surface area contributed by atoms with Crippen molar-refractivity contribution in [1.82, 2.24) is 14.8 Å². The Bertz CT molecular complexity index is 461. The van der Waals surface area contributed by atoms with E-state index >= 15 is 0 Å². The van der Waals surface area contributed by atoms with Crippen molar-refractivity contribution in [3.63, 3.8) is 0 Å². The van der Waals surface area contributed by atoms with Crippen LogP contribution in [-0.4, -0.2) is 14.8 Å². The summed E-state index contributed by atoms with van der Waals surface area (Å²) < 4.78 is 2.04. The van der Waals surface area contributed by atoms with Gasteiger partial charge in [0.15, 0.2) is 5.82 Å². The van der Waals surface area contributed by atoms with Crippen LogP contribution in [0.4, 0.5) is 0 Å². The molecule has 80 valence electrons. The van der Waals surface area contributed by atoms with Crippen molar-refractivity contribution in [2.45, 2.75) is 26.8 Å². The van der Waals surface area contributed by atoms with E-state index in [1.54, 1.807) is 17.7 Å². The molecule has 0 atom stereocenters. The van der Waals surface area contributed by atoms with Gasteiger partial charge in [-0.1, -0.05) is 18.5 Å². The fourth-order valence-corrected chi connectivity index (χ4v) is 2.69. The van der Waals surface area contributed by atoms with E-state index in [4.69, 9.17) is 11.6 Å². The first-order valence-electron chi connectivity index (χ1n) is 4.85. The zero-order chi connectivity index (χ0) is 10.8. The Morgan fingerprint density at radius 1 is 1.53 bits per heavy atom.